The maximum Gasteiger partial charge on any atom is 0.410 e. The van der Waals surface area contributed by atoms with Crippen LogP contribution in [0.4, 0.5) is 10.7 Å². The molecule has 0 bridgehead atoms. The lowest BCUT2D eigenvalue weighted by Gasteiger charge is -2.38. The number of hydrogen-bond donors (Lipinski definition) is 2. The monoisotopic (exact) mass is 390 g/mol. The number of anilines is 1. The van der Waals surface area contributed by atoms with Crippen LogP contribution in [-0.2, 0) is 11.2 Å². The molecule has 1 amide bonds. The number of nitrogens with one attached hydrogen (secondary N) is 1. The highest BCUT2D eigenvalue weighted by atomic mass is 16.6. The van der Waals surface area contributed by atoms with Crippen LogP contribution in [0.15, 0.2) is 12.3 Å². The Kier molecular flexibility index (Phi) is 7.41. The molecule has 7 heteroatoms. The number of amides is 1. The molecular weight excluding hydrogens is 356 g/mol. The molecule has 156 valence electrons. The molecule has 7 nitrogen and oxygen atoms in total. The molecule has 1 aromatic rings. The van der Waals surface area contributed by atoms with Crippen LogP contribution in [0.5, 0.6) is 0 Å². The normalized spacial score (nSPS) is 17.9. The largest absolute Gasteiger partial charge is 0.444 e. The number of aromatic nitrogens is 2. The fraction of sp³-hybridized carbons (Fsp3) is 0.667. The van der Waals surface area contributed by atoms with Gasteiger partial charge in [0.15, 0.2) is 0 Å². The number of carbonyl (C=O) groups is 1. The Morgan fingerprint density at radius 1 is 1.32 bits per heavy atom. The topological polar surface area (TPSA) is 87.6 Å². The molecule has 0 spiro atoms. The lowest BCUT2D eigenvalue weighted by molar-refractivity contribution is -0.0245. The van der Waals surface area contributed by atoms with E-state index in [1.807, 2.05) is 46.9 Å². The van der Waals surface area contributed by atoms with Gasteiger partial charge in [0.1, 0.15) is 5.60 Å². The second-order valence-corrected chi connectivity index (χ2v) is 8.08. The van der Waals surface area contributed by atoms with Crippen LogP contribution in [0.25, 0.3) is 6.08 Å². The molecule has 0 aromatic carbocycles. The third-order valence-electron chi connectivity index (χ3n) is 4.67. The number of aryl methyl sites for hydroxylation is 1. The van der Waals surface area contributed by atoms with Crippen molar-refractivity contribution in [2.75, 3.05) is 25.0 Å². The van der Waals surface area contributed by atoms with Crippen molar-refractivity contribution in [3.05, 3.63) is 23.5 Å². The van der Waals surface area contributed by atoms with Crippen LogP contribution in [-0.4, -0.2) is 56.9 Å². The standard InChI is InChI=1S/C19H28N4O3.C2H6/c1-18(2,3)26-17(24)23-10-8-19(25,9-11-23)13-21-16-20-12-14-6-4-5-7-15(14)22-16;1-2/h4,6,12,25H,5,7-11,13H2,1-3H3,(H,20,21,22);1-2H3. The fourth-order valence-electron chi connectivity index (χ4n) is 3.13. The summed E-state index contributed by atoms with van der Waals surface area (Å²) in [4.78, 5) is 22.6. The number of likely N-dealkylation sites (tertiary alicyclic amines) is 1. The van der Waals surface area contributed by atoms with Crippen molar-refractivity contribution in [1.82, 2.24) is 14.9 Å². The summed E-state index contributed by atoms with van der Waals surface area (Å²) in [6, 6.07) is 0. The summed E-state index contributed by atoms with van der Waals surface area (Å²) in [5, 5.41) is 14.0. The summed E-state index contributed by atoms with van der Waals surface area (Å²) in [6.45, 7) is 10.9. The molecule has 0 radical (unpaired) electrons. The molecule has 2 N–H and O–H groups in total. The number of ether oxygens (including phenoxy) is 1. The minimum absolute atomic E-state index is 0.321. The molecule has 1 aliphatic carbocycles. The zero-order chi connectivity index (χ0) is 20.8. The van der Waals surface area contributed by atoms with Gasteiger partial charge in [-0.25, -0.2) is 14.8 Å². The first kappa shape index (κ1) is 22.1. The summed E-state index contributed by atoms with van der Waals surface area (Å²) in [6.07, 6.45) is 8.56. The highest BCUT2D eigenvalue weighted by Gasteiger charge is 2.35. The third-order valence-corrected chi connectivity index (χ3v) is 4.67. The molecule has 0 saturated carbocycles. The average Bonchev–Trinajstić information content (AvgIpc) is 2.67. The summed E-state index contributed by atoms with van der Waals surface area (Å²) in [5.74, 6) is 0.544. The first-order chi connectivity index (χ1) is 13.2. The summed E-state index contributed by atoms with van der Waals surface area (Å²) >= 11 is 0. The van der Waals surface area contributed by atoms with E-state index < -0.39 is 11.2 Å². The first-order valence-electron chi connectivity index (χ1n) is 10.2. The van der Waals surface area contributed by atoms with Gasteiger partial charge in [-0.05, 0) is 46.5 Å². The Hall–Kier alpha value is -2.15. The molecule has 28 heavy (non-hydrogen) atoms. The van der Waals surface area contributed by atoms with Gasteiger partial charge in [0.2, 0.25) is 5.95 Å². The second kappa shape index (κ2) is 9.37. The number of aliphatic hydroxyl groups is 1. The molecule has 2 aliphatic rings. The zero-order valence-electron chi connectivity index (χ0n) is 17.8. The molecule has 1 fully saturated rings. The molecule has 0 atom stereocenters. The van der Waals surface area contributed by atoms with Gasteiger partial charge in [0, 0.05) is 31.4 Å². The maximum atomic E-state index is 12.1. The highest BCUT2D eigenvalue weighted by Crippen LogP contribution is 2.24. The van der Waals surface area contributed by atoms with Crippen LogP contribution in [0, 0.1) is 0 Å². The van der Waals surface area contributed by atoms with Gasteiger partial charge in [0.05, 0.1) is 11.3 Å². The highest BCUT2D eigenvalue weighted by molar-refractivity contribution is 5.68. The minimum atomic E-state index is -0.877. The third kappa shape index (κ3) is 6.19. The van der Waals surface area contributed by atoms with Crippen molar-refractivity contribution in [3.63, 3.8) is 0 Å². The van der Waals surface area contributed by atoms with E-state index in [1.165, 1.54) is 0 Å². The number of rotatable bonds is 3. The lowest BCUT2D eigenvalue weighted by Crippen LogP contribution is -2.50. The van der Waals surface area contributed by atoms with E-state index in [4.69, 9.17) is 4.74 Å². The summed E-state index contributed by atoms with van der Waals surface area (Å²) in [5.41, 5.74) is 0.714. The van der Waals surface area contributed by atoms with Crippen molar-refractivity contribution in [2.24, 2.45) is 0 Å². The van der Waals surface area contributed by atoms with Crippen LogP contribution >= 0.6 is 0 Å². The van der Waals surface area contributed by atoms with Crippen molar-refractivity contribution < 1.29 is 14.6 Å². The van der Waals surface area contributed by atoms with Gasteiger partial charge in [-0.1, -0.05) is 26.0 Å². The van der Waals surface area contributed by atoms with Gasteiger partial charge in [-0.2, -0.15) is 0 Å². The quantitative estimate of drug-likeness (QED) is 0.819. The number of nitrogens with zero attached hydrogens (tertiary/aromatic N) is 3. The van der Waals surface area contributed by atoms with E-state index in [1.54, 1.807) is 4.90 Å². The Morgan fingerprint density at radius 2 is 2.00 bits per heavy atom. The molecular formula is C21H34N4O3. The van der Waals surface area contributed by atoms with E-state index >= 15 is 0 Å². The molecule has 3 rings (SSSR count). The predicted octanol–water partition coefficient (Wildman–Crippen LogP) is 3.64. The smallest absolute Gasteiger partial charge is 0.410 e. The fourth-order valence-corrected chi connectivity index (χ4v) is 3.13. The summed E-state index contributed by atoms with van der Waals surface area (Å²) < 4.78 is 5.39. The van der Waals surface area contributed by atoms with E-state index in [0.29, 0.717) is 38.4 Å². The van der Waals surface area contributed by atoms with Gasteiger partial charge in [0.25, 0.3) is 0 Å². The van der Waals surface area contributed by atoms with Crippen LogP contribution in [0.1, 0.15) is 65.1 Å². The molecule has 1 aromatic heterocycles. The van der Waals surface area contributed by atoms with E-state index in [-0.39, 0.29) is 6.09 Å². The lowest BCUT2D eigenvalue weighted by atomic mass is 9.91. The maximum absolute atomic E-state index is 12.1. The SMILES string of the molecule is CC.CC(C)(C)OC(=O)N1CCC(O)(CNc2ncc3c(n2)CCC=C3)CC1. The number of fused-ring (bicyclic) bond motifs is 1. The number of hydrogen-bond acceptors (Lipinski definition) is 6. The Morgan fingerprint density at radius 3 is 2.64 bits per heavy atom. The number of carbonyl (C=O) groups excluding carboxylic acids is 1. The van der Waals surface area contributed by atoms with Crippen molar-refractivity contribution in [1.29, 1.82) is 0 Å². The Bertz CT molecular complexity index is 689. The van der Waals surface area contributed by atoms with Gasteiger partial charge in [-0.15, -0.1) is 0 Å². The van der Waals surface area contributed by atoms with Crippen LogP contribution < -0.4 is 5.32 Å². The second-order valence-electron chi connectivity index (χ2n) is 8.08. The predicted molar refractivity (Wildman–Crippen MR) is 111 cm³/mol. The van der Waals surface area contributed by atoms with E-state index in [9.17, 15) is 9.90 Å². The van der Waals surface area contributed by atoms with Gasteiger partial charge >= 0.3 is 6.09 Å². The molecule has 0 unspecified atom stereocenters. The molecule has 1 saturated heterocycles. The minimum Gasteiger partial charge on any atom is -0.444 e. The van der Waals surface area contributed by atoms with Crippen molar-refractivity contribution >= 4 is 18.1 Å². The van der Waals surface area contributed by atoms with E-state index in [2.05, 4.69) is 21.4 Å². The average molecular weight is 391 g/mol. The van der Waals surface area contributed by atoms with E-state index in [0.717, 1.165) is 24.1 Å². The number of piperidine rings is 1. The summed E-state index contributed by atoms with van der Waals surface area (Å²) in [7, 11) is 0. The van der Waals surface area contributed by atoms with Crippen LogP contribution in [0.3, 0.4) is 0 Å². The molecule has 1 aliphatic heterocycles. The van der Waals surface area contributed by atoms with Gasteiger partial charge in [-0.3, -0.25) is 0 Å². The van der Waals surface area contributed by atoms with Gasteiger partial charge < -0.3 is 20.1 Å². The first-order valence-corrected chi connectivity index (χ1v) is 10.2. The van der Waals surface area contributed by atoms with Crippen molar-refractivity contribution in [3.8, 4) is 0 Å². The van der Waals surface area contributed by atoms with Crippen molar-refractivity contribution in [2.45, 2.75) is 71.5 Å². The Labute approximate surface area is 168 Å². The van der Waals surface area contributed by atoms with Crippen LogP contribution in [0.2, 0.25) is 0 Å². The number of allylic oxidation sites excluding steroid dienone is 1. The molecule has 2 heterocycles. The Balaban J connectivity index is 0.00000136. The zero-order valence-corrected chi connectivity index (χ0v) is 17.8.